The fourth-order valence-electron chi connectivity index (χ4n) is 3.32. The van der Waals surface area contributed by atoms with Crippen molar-refractivity contribution in [2.75, 3.05) is 0 Å². The molecule has 66 valence electrons. The van der Waals surface area contributed by atoms with Gasteiger partial charge in [-0.1, -0.05) is 20.8 Å². The molecule has 2 bridgehead atoms. The van der Waals surface area contributed by atoms with Gasteiger partial charge in [0.1, 0.15) is 5.94 Å². The normalized spacial score (nSPS) is 43.2. The first-order valence-electron chi connectivity index (χ1n) is 4.77. The average Bonchev–Trinajstić information content (AvgIpc) is 2.39. The molecule has 0 amide bonds. The highest BCUT2D eigenvalue weighted by Crippen LogP contribution is 2.64. The smallest absolute Gasteiger partial charge is 0.124 e. The lowest BCUT2D eigenvalue weighted by Crippen LogP contribution is -2.26. The Morgan fingerprint density at radius 3 is 2.42 bits per heavy atom. The van der Waals surface area contributed by atoms with Crippen molar-refractivity contribution in [1.29, 1.82) is 0 Å². The molecule has 1 heteroatoms. The van der Waals surface area contributed by atoms with Crippen LogP contribution in [-0.2, 0) is 4.79 Å². The zero-order valence-electron chi connectivity index (χ0n) is 8.11. The molecule has 2 atom stereocenters. The van der Waals surface area contributed by atoms with Crippen LogP contribution in [-0.4, -0.2) is 5.94 Å². The van der Waals surface area contributed by atoms with Crippen LogP contribution in [0, 0.1) is 16.7 Å². The van der Waals surface area contributed by atoms with Crippen LogP contribution in [0.15, 0.2) is 5.57 Å². The topological polar surface area (TPSA) is 17.1 Å². The molecular formula is C11H16O. The summed E-state index contributed by atoms with van der Waals surface area (Å²) in [6, 6.07) is 0. The molecule has 12 heavy (non-hydrogen) atoms. The van der Waals surface area contributed by atoms with Crippen molar-refractivity contribution in [3.05, 3.63) is 5.57 Å². The van der Waals surface area contributed by atoms with E-state index in [-0.39, 0.29) is 10.8 Å². The summed E-state index contributed by atoms with van der Waals surface area (Å²) in [5.41, 5.74) is 1.39. The second kappa shape index (κ2) is 2.03. The van der Waals surface area contributed by atoms with E-state index in [4.69, 9.17) is 0 Å². The summed E-state index contributed by atoms with van der Waals surface area (Å²) in [6.07, 6.45) is 3.71. The number of hydrogen-bond donors (Lipinski definition) is 0. The molecule has 1 nitrogen and oxygen atoms in total. The summed E-state index contributed by atoms with van der Waals surface area (Å²) in [4.78, 5) is 10.9. The van der Waals surface area contributed by atoms with E-state index in [1.807, 2.05) is 0 Å². The first-order chi connectivity index (χ1) is 5.50. The van der Waals surface area contributed by atoms with Gasteiger partial charge in [0, 0.05) is 11.0 Å². The molecule has 2 aliphatic rings. The summed E-state index contributed by atoms with van der Waals surface area (Å²) in [5, 5.41) is 0. The van der Waals surface area contributed by atoms with Gasteiger partial charge in [0.15, 0.2) is 0 Å². The molecule has 2 aliphatic carbocycles. The number of allylic oxidation sites excluding steroid dienone is 1. The lowest BCUT2D eigenvalue weighted by molar-refractivity contribution is 0.276. The largest absolute Gasteiger partial charge is 0.234 e. The third-order valence-corrected chi connectivity index (χ3v) is 4.11. The van der Waals surface area contributed by atoms with Crippen molar-refractivity contribution in [3.63, 3.8) is 0 Å². The van der Waals surface area contributed by atoms with Crippen LogP contribution < -0.4 is 0 Å². The molecule has 0 aromatic carbocycles. The minimum Gasteiger partial charge on any atom is -0.234 e. The molecule has 0 heterocycles. The van der Waals surface area contributed by atoms with E-state index in [9.17, 15) is 4.79 Å². The van der Waals surface area contributed by atoms with Crippen molar-refractivity contribution >= 4 is 5.94 Å². The molecule has 2 fully saturated rings. The van der Waals surface area contributed by atoms with Gasteiger partial charge in [-0.15, -0.1) is 0 Å². The molecular weight excluding hydrogens is 148 g/mol. The monoisotopic (exact) mass is 164 g/mol. The standard InChI is InChI=1S/C11H16O/c1-10(2)8-4-5-11(3,6-8)9(10)7-12/h8H,4-6H2,1-3H3. The predicted molar refractivity (Wildman–Crippen MR) is 48.4 cm³/mol. The van der Waals surface area contributed by atoms with E-state index < -0.39 is 0 Å². The van der Waals surface area contributed by atoms with Crippen molar-refractivity contribution in [3.8, 4) is 0 Å². The second-order valence-electron chi connectivity index (χ2n) is 5.20. The molecule has 0 spiro atoms. The van der Waals surface area contributed by atoms with Crippen LogP contribution in [0.3, 0.4) is 0 Å². The van der Waals surface area contributed by atoms with Crippen LogP contribution in [0.25, 0.3) is 0 Å². The van der Waals surface area contributed by atoms with Gasteiger partial charge in [-0.25, -0.2) is 4.79 Å². The number of fused-ring (bicyclic) bond motifs is 2. The van der Waals surface area contributed by atoms with Gasteiger partial charge in [-0.3, -0.25) is 0 Å². The van der Waals surface area contributed by atoms with Crippen molar-refractivity contribution < 1.29 is 4.79 Å². The van der Waals surface area contributed by atoms with E-state index in [0.717, 1.165) is 11.5 Å². The lowest BCUT2D eigenvalue weighted by atomic mass is 9.69. The van der Waals surface area contributed by atoms with Gasteiger partial charge < -0.3 is 0 Å². The zero-order valence-corrected chi connectivity index (χ0v) is 8.11. The maximum absolute atomic E-state index is 10.9. The molecule has 0 aromatic rings. The number of rotatable bonds is 0. The molecule has 0 saturated heterocycles. The Morgan fingerprint density at radius 1 is 1.42 bits per heavy atom. The maximum atomic E-state index is 10.9. The van der Waals surface area contributed by atoms with E-state index >= 15 is 0 Å². The van der Waals surface area contributed by atoms with E-state index in [1.54, 1.807) is 0 Å². The van der Waals surface area contributed by atoms with Gasteiger partial charge in [0.05, 0.1) is 0 Å². The van der Waals surface area contributed by atoms with Gasteiger partial charge in [0.25, 0.3) is 0 Å². The van der Waals surface area contributed by atoms with Crippen LogP contribution in [0.5, 0.6) is 0 Å². The number of hydrogen-bond acceptors (Lipinski definition) is 1. The van der Waals surface area contributed by atoms with Gasteiger partial charge in [-0.05, 0) is 30.6 Å². The Balaban J connectivity index is 2.52. The minimum absolute atomic E-state index is 0.134. The highest BCUT2D eigenvalue weighted by atomic mass is 16.1. The minimum atomic E-state index is 0.134. The summed E-state index contributed by atoms with van der Waals surface area (Å²) in [7, 11) is 0. The SMILES string of the molecule is CC12CCC(C1)C(C)(C)C2=C=O. The molecule has 2 saturated carbocycles. The fraction of sp³-hybridized carbons (Fsp3) is 0.818. The summed E-state index contributed by atoms with van der Waals surface area (Å²) in [5.74, 6) is 2.93. The van der Waals surface area contributed by atoms with Crippen molar-refractivity contribution in [2.24, 2.45) is 16.7 Å². The average molecular weight is 164 g/mol. The maximum Gasteiger partial charge on any atom is 0.124 e. The highest BCUT2D eigenvalue weighted by molar-refractivity contribution is 5.60. The first kappa shape index (κ1) is 8.07. The Hall–Kier alpha value is -0.550. The Kier molecular flexibility index (Phi) is 1.36. The molecule has 0 aromatic heterocycles. The second-order valence-corrected chi connectivity index (χ2v) is 5.20. The molecule has 0 radical (unpaired) electrons. The van der Waals surface area contributed by atoms with Crippen LogP contribution >= 0.6 is 0 Å². The molecule has 2 unspecified atom stereocenters. The fourth-order valence-corrected chi connectivity index (χ4v) is 3.32. The van der Waals surface area contributed by atoms with Crippen LogP contribution in [0.2, 0.25) is 0 Å². The van der Waals surface area contributed by atoms with E-state index in [1.165, 1.54) is 19.3 Å². The summed E-state index contributed by atoms with van der Waals surface area (Å²) >= 11 is 0. The zero-order chi connectivity index (χ0) is 8.98. The van der Waals surface area contributed by atoms with E-state index in [0.29, 0.717) is 0 Å². The first-order valence-corrected chi connectivity index (χ1v) is 4.77. The third kappa shape index (κ3) is 0.728. The predicted octanol–water partition coefficient (Wildman–Crippen LogP) is 2.59. The molecule has 0 aliphatic heterocycles. The van der Waals surface area contributed by atoms with E-state index in [2.05, 4.69) is 26.7 Å². The van der Waals surface area contributed by atoms with Gasteiger partial charge >= 0.3 is 0 Å². The van der Waals surface area contributed by atoms with Gasteiger partial charge in [-0.2, -0.15) is 0 Å². The number of carbonyl (C=O) groups excluding carboxylic acids is 1. The Labute approximate surface area is 73.8 Å². The highest BCUT2D eigenvalue weighted by Gasteiger charge is 2.56. The lowest BCUT2D eigenvalue weighted by Gasteiger charge is -2.33. The van der Waals surface area contributed by atoms with Gasteiger partial charge in [0.2, 0.25) is 0 Å². The molecule has 2 rings (SSSR count). The van der Waals surface area contributed by atoms with Crippen molar-refractivity contribution in [2.45, 2.75) is 40.0 Å². The summed E-state index contributed by atoms with van der Waals surface area (Å²) < 4.78 is 0. The van der Waals surface area contributed by atoms with Crippen LogP contribution in [0.4, 0.5) is 0 Å². The molecule has 0 N–H and O–H groups in total. The summed E-state index contributed by atoms with van der Waals surface area (Å²) in [6.45, 7) is 6.62. The van der Waals surface area contributed by atoms with Crippen LogP contribution in [0.1, 0.15) is 40.0 Å². The van der Waals surface area contributed by atoms with Crippen molar-refractivity contribution in [1.82, 2.24) is 0 Å². The Morgan fingerprint density at radius 2 is 2.08 bits per heavy atom. The Bertz CT molecular complexity index is 264. The quantitative estimate of drug-likeness (QED) is 0.503. The third-order valence-electron chi connectivity index (χ3n) is 4.11.